The summed E-state index contributed by atoms with van der Waals surface area (Å²) >= 11 is 0. The van der Waals surface area contributed by atoms with Crippen molar-refractivity contribution in [2.24, 2.45) is 5.73 Å². The molecule has 0 spiro atoms. The van der Waals surface area contributed by atoms with Gasteiger partial charge in [0.15, 0.2) is 0 Å². The Balaban J connectivity index is 4.14. The number of carboxylic acids is 1. The Labute approximate surface area is 83.9 Å². The maximum Gasteiger partial charge on any atom is 0.305 e. The first-order valence-electron chi connectivity index (χ1n) is 4.70. The second kappa shape index (κ2) is 6.37. The van der Waals surface area contributed by atoms with Crippen molar-refractivity contribution >= 4 is 11.9 Å². The van der Waals surface area contributed by atoms with E-state index < -0.39 is 5.97 Å². The molecule has 0 heterocycles. The summed E-state index contributed by atoms with van der Waals surface area (Å²) in [5, 5.41) is 8.49. The molecule has 0 aliphatic heterocycles. The predicted molar refractivity (Wildman–Crippen MR) is 52.8 cm³/mol. The maximum absolute atomic E-state index is 11.5. The lowest BCUT2D eigenvalue weighted by atomic mass is 10.2. The molecule has 3 N–H and O–H groups in total. The molecule has 14 heavy (non-hydrogen) atoms. The molecule has 0 bridgehead atoms. The average molecular weight is 202 g/mol. The predicted octanol–water partition coefficient (Wildman–Crippen LogP) is 0.0469. The van der Waals surface area contributed by atoms with Crippen LogP contribution in [0.4, 0.5) is 0 Å². The molecule has 0 aliphatic rings. The van der Waals surface area contributed by atoms with E-state index >= 15 is 0 Å². The van der Waals surface area contributed by atoms with Crippen LogP contribution < -0.4 is 5.73 Å². The molecule has 0 radical (unpaired) electrons. The normalized spacial score (nSPS) is 10.3. The minimum absolute atomic E-state index is 0.0194. The first-order valence-corrected chi connectivity index (χ1v) is 4.70. The molecule has 0 unspecified atom stereocenters. The van der Waals surface area contributed by atoms with Crippen LogP contribution in [0, 0.1) is 0 Å². The molecule has 0 rings (SSSR count). The van der Waals surface area contributed by atoms with Gasteiger partial charge >= 0.3 is 5.97 Å². The molecule has 0 aromatic heterocycles. The van der Waals surface area contributed by atoms with Gasteiger partial charge in [-0.15, -0.1) is 0 Å². The fourth-order valence-corrected chi connectivity index (χ4v) is 1.15. The Morgan fingerprint density at radius 3 is 2.29 bits per heavy atom. The lowest BCUT2D eigenvalue weighted by Crippen LogP contribution is -2.39. The summed E-state index contributed by atoms with van der Waals surface area (Å²) in [5.74, 6) is -0.972. The summed E-state index contributed by atoms with van der Waals surface area (Å²) < 4.78 is 0. The molecule has 5 heteroatoms. The van der Waals surface area contributed by atoms with Gasteiger partial charge in [-0.3, -0.25) is 9.59 Å². The maximum atomic E-state index is 11.5. The first kappa shape index (κ1) is 12.9. The summed E-state index contributed by atoms with van der Waals surface area (Å²) in [4.78, 5) is 23.3. The Kier molecular flexibility index (Phi) is 5.87. The van der Waals surface area contributed by atoms with Crippen LogP contribution in [0.2, 0.25) is 0 Å². The van der Waals surface area contributed by atoms with Gasteiger partial charge in [0.2, 0.25) is 5.91 Å². The number of aliphatic carboxylic acids is 1. The highest BCUT2D eigenvalue weighted by molar-refractivity contribution is 5.77. The largest absolute Gasteiger partial charge is 0.481 e. The van der Waals surface area contributed by atoms with Crippen LogP contribution in [0.15, 0.2) is 0 Å². The lowest BCUT2D eigenvalue weighted by Gasteiger charge is -2.25. The van der Waals surface area contributed by atoms with Crippen molar-refractivity contribution in [3.8, 4) is 0 Å². The van der Waals surface area contributed by atoms with Gasteiger partial charge < -0.3 is 15.7 Å². The average Bonchev–Trinajstić information content (AvgIpc) is 2.03. The fourth-order valence-electron chi connectivity index (χ4n) is 1.15. The molecule has 0 fully saturated rings. The Hall–Kier alpha value is -1.10. The van der Waals surface area contributed by atoms with E-state index in [1.54, 1.807) is 4.90 Å². The second-order valence-corrected chi connectivity index (χ2v) is 3.36. The zero-order chi connectivity index (χ0) is 11.1. The summed E-state index contributed by atoms with van der Waals surface area (Å²) in [6.45, 7) is 4.27. The molecule has 1 amide bonds. The Bertz CT molecular complexity index is 204. The fraction of sp³-hybridized carbons (Fsp3) is 0.778. The molecule has 5 nitrogen and oxygen atoms in total. The van der Waals surface area contributed by atoms with Crippen LogP contribution in [0.1, 0.15) is 26.7 Å². The van der Waals surface area contributed by atoms with Gasteiger partial charge in [-0.1, -0.05) is 0 Å². The third kappa shape index (κ3) is 4.81. The molecule has 0 aliphatic carbocycles. The van der Waals surface area contributed by atoms with Crippen LogP contribution in [0.25, 0.3) is 0 Å². The molecular formula is C9H18N2O3. The van der Waals surface area contributed by atoms with Crippen molar-refractivity contribution in [3.63, 3.8) is 0 Å². The van der Waals surface area contributed by atoms with E-state index in [4.69, 9.17) is 10.8 Å². The van der Waals surface area contributed by atoms with Gasteiger partial charge in [0, 0.05) is 25.6 Å². The van der Waals surface area contributed by atoms with Gasteiger partial charge in [-0.2, -0.15) is 0 Å². The number of rotatable bonds is 6. The van der Waals surface area contributed by atoms with Crippen LogP contribution >= 0.6 is 0 Å². The smallest absolute Gasteiger partial charge is 0.305 e. The molecule has 0 saturated heterocycles. The van der Waals surface area contributed by atoms with Crippen molar-refractivity contribution in [2.45, 2.75) is 32.7 Å². The molecule has 82 valence electrons. The number of carbonyl (C=O) groups is 2. The quantitative estimate of drug-likeness (QED) is 0.637. The first-order chi connectivity index (χ1) is 6.49. The van der Waals surface area contributed by atoms with Gasteiger partial charge in [0.05, 0.1) is 6.42 Å². The third-order valence-corrected chi connectivity index (χ3v) is 1.87. The third-order valence-electron chi connectivity index (χ3n) is 1.87. The van der Waals surface area contributed by atoms with Crippen LogP contribution in [-0.2, 0) is 9.59 Å². The van der Waals surface area contributed by atoms with Crippen molar-refractivity contribution in [2.75, 3.05) is 13.1 Å². The number of hydrogen-bond donors (Lipinski definition) is 2. The summed E-state index contributed by atoms with van der Waals surface area (Å²) in [6.07, 6.45) is 0.256. The van der Waals surface area contributed by atoms with E-state index in [-0.39, 0.29) is 31.3 Å². The summed E-state index contributed by atoms with van der Waals surface area (Å²) in [7, 11) is 0. The Morgan fingerprint density at radius 2 is 1.93 bits per heavy atom. The number of nitrogens with two attached hydrogens (primary N) is 1. The van der Waals surface area contributed by atoms with E-state index in [0.717, 1.165) is 0 Å². The highest BCUT2D eigenvalue weighted by Crippen LogP contribution is 2.02. The molecule has 0 aromatic carbocycles. The minimum atomic E-state index is -0.892. The van der Waals surface area contributed by atoms with Crippen molar-refractivity contribution in [1.29, 1.82) is 0 Å². The number of amides is 1. The van der Waals surface area contributed by atoms with E-state index in [9.17, 15) is 9.59 Å². The standard InChI is InChI=1S/C9H18N2O3/c1-7(2)11(6-4-9(13)14)8(12)3-5-10/h7H,3-6,10H2,1-2H3,(H,13,14). The van der Waals surface area contributed by atoms with E-state index in [2.05, 4.69) is 0 Å². The summed E-state index contributed by atoms with van der Waals surface area (Å²) in [6, 6.07) is 0.0217. The molecular weight excluding hydrogens is 184 g/mol. The zero-order valence-corrected chi connectivity index (χ0v) is 8.69. The zero-order valence-electron chi connectivity index (χ0n) is 8.69. The van der Waals surface area contributed by atoms with Gasteiger partial charge in [-0.25, -0.2) is 0 Å². The van der Waals surface area contributed by atoms with E-state index in [1.807, 2.05) is 13.8 Å². The molecule has 0 saturated carbocycles. The monoisotopic (exact) mass is 202 g/mol. The Morgan fingerprint density at radius 1 is 1.36 bits per heavy atom. The number of hydrogen-bond acceptors (Lipinski definition) is 3. The summed E-state index contributed by atoms with van der Waals surface area (Å²) in [5.41, 5.74) is 5.26. The van der Waals surface area contributed by atoms with Crippen LogP contribution in [0.3, 0.4) is 0 Å². The van der Waals surface area contributed by atoms with Crippen molar-refractivity contribution in [1.82, 2.24) is 4.90 Å². The molecule has 0 atom stereocenters. The van der Waals surface area contributed by atoms with Gasteiger partial charge in [0.1, 0.15) is 0 Å². The van der Waals surface area contributed by atoms with Crippen molar-refractivity contribution in [3.05, 3.63) is 0 Å². The molecule has 0 aromatic rings. The number of nitrogens with zero attached hydrogens (tertiary/aromatic N) is 1. The topological polar surface area (TPSA) is 83.6 Å². The van der Waals surface area contributed by atoms with E-state index in [1.165, 1.54) is 0 Å². The SMILES string of the molecule is CC(C)N(CCC(=O)O)C(=O)CCN. The van der Waals surface area contributed by atoms with Crippen molar-refractivity contribution < 1.29 is 14.7 Å². The lowest BCUT2D eigenvalue weighted by molar-refractivity contribution is -0.139. The second-order valence-electron chi connectivity index (χ2n) is 3.36. The van der Waals surface area contributed by atoms with Gasteiger partial charge in [0.25, 0.3) is 0 Å². The highest BCUT2D eigenvalue weighted by Gasteiger charge is 2.16. The van der Waals surface area contributed by atoms with E-state index in [0.29, 0.717) is 6.54 Å². The number of carboxylic acid groups (broad SMARTS) is 1. The van der Waals surface area contributed by atoms with Crippen LogP contribution in [-0.4, -0.2) is 41.0 Å². The highest BCUT2D eigenvalue weighted by atomic mass is 16.4. The minimum Gasteiger partial charge on any atom is -0.481 e. The van der Waals surface area contributed by atoms with Crippen LogP contribution in [0.5, 0.6) is 0 Å². The number of carbonyl (C=O) groups excluding carboxylic acids is 1. The van der Waals surface area contributed by atoms with Gasteiger partial charge in [-0.05, 0) is 13.8 Å².